The average molecular weight is 363 g/mol. The predicted octanol–water partition coefficient (Wildman–Crippen LogP) is 0.982. The predicted molar refractivity (Wildman–Crippen MR) is 98.9 cm³/mol. The third kappa shape index (κ3) is 8.30. The van der Waals surface area contributed by atoms with Crippen LogP contribution in [0.4, 0.5) is 0 Å². The third-order valence-electron chi connectivity index (χ3n) is 4.05. The van der Waals surface area contributed by atoms with Crippen molar-refractivity contribution in [3.8, 4) is 0 Å². The number of likely N-dealkylation sites (N-methyl/N-ethyl adjacent to an activating group) is 1. The first kappa shape index (κ1) is 21.2. The number of aliphatic imine (C=N–C) groups is 1. The Morgan fingerprint density at radius 2 is 1.96 bits per heavy atom. The van der Waals surface area contributed by atoms with Crippen LogP contribution in [0.1, 0.15) is 33.1 Å². The van der Waals surface area contributed by atoms with Crippen molar-refractivity contribution in [1.82, 2.24) is 14.5 Å². The molecule has 0 heterocycles. The molecule has 1 aliphatic carbocycles. The van der Waals surface area contributed by atoms with Crippen molar-refractivity contribution < 1.29 is 13.2 Å². The van der Waals surface area contributed by atoms with E-state index in [0.29, 0.717) is 26.1 Å². The SMILES string of the molecule is CCNC(=NCCCN(C)S(=O)(=O)CC)N(C)CCOCC1CC1. The van der Waals surface area contributed by atoms with Crippen LogP contribution in [0, 0.1) is 5.92 Å². The number of nitrogens with one attached hydrogen (secondary N) is 1. The monoisotopic (exact) mass is 362 g/mol. The lowest BCUT2D eigenvalue weighted by molar-refractivity contribution is 0.115. The molecule has 1 fully saturated rings. The summed E-state index contributed by atoms with van der Waals surface area (Å²) < 4.78 is 30.5. The zero-order valence-corrected chi connectivity index (χ0v) is 16.4. The first-order valence-electron chi connectivity index (χ1n) is 8.91. The Morgan fingerprint density at radius 3 is 2.54 bits per heavy atom. The van der Waals surface area contributed by atoms with Gasteiger partial charge in [0.05, 0.1) is 12.4 Å². The standard InChI is InChI=1S/C16H34N4O3S/c1-5-17-16(19(3)12-13-23-14-15-8-9-15)18-10-7-11-20(4)24(21,22)6-2/h15H,5-14H2,1-4H3,(H,17,18). The zero-order valence-electron chi connectivity index (χ0n) is 15.6. The highest BCUT2D eigenvalue weighted by molar-refractivity contribution is 7.89. The van der Waals surface area contributed by atoms with Gasteiger partial charge < -0.3 is 15.0 Å². The fourth-order valence-corrected chi connectivity index (χ4v) is 3.00. The minimum atomic E-state index is -3.10. The van der Waals surface area contributed by atoms with Crippen LogP contribution in [0.15, 0.2) is 4.99 Å². The van der Waals surface area contributed by atoms with Crippen molar-refractivity contribution in [2.24, 2.45) is 10.9 Å². The van der Waals surface area contributed by atoms with Crippen molar-refractivity contribution in [1.29, 1.82) is 0 Å². The van der Waals surface area contributed by atoms with E-state index in [1.54, 1.807) is 14.0 Å². The molecule has 0 saturated heterocycles. The normalized spacial score (nSPS) is 15.8. The molecule has 0 aliphatic heterocycles. The summed E-state index contributed by atoms with van der Waals surface area (Å²) in [6.45, 7) is 7.96. The van der Waals surface area contributed by atoms with Gasteiger partial charge in [-0.15, -0.1) is 0 Å². The molecule has 0 aromatic heterocycles. The second kappa shape index (κ2) is 10.9. The van der Waals surface area contributed by atoms with Crippen molar-refractivity contribution in [2.75, 3.05) is 59.2 Å². The molecule has 0 atom stereocenters. The maximum atomic E-state index is 11.7. The van der Waals surface area contributed by atoms with Gasteiger partial charge in [0.15, 0.2) is 5.96 Å². The quantitative estimate of drug-likeness (QED) is 0.318. The summed E-state index contributed by atoms with van der Waals surface area (Å²) in [5.41, 5.74) is 0. The molecule has 0 spiro atoms. The highest BCUT2D eigenvalue weighted by Gasteiger charge is 2.21. The molecule has 1 N–H and O–H groups in total. The lowest BCUT2D eigenvalue weighted by Gasteiger charge is -2.22. The zero-order chi connectivity index (χ0) is 18.0. The molecular formula is C16H34N4O3S. The van der Waals surface area contributed by atoms with Gasteiger partial charge in [-0.25, -0.2) is 12.7 Å². The summed E-state index contributed by atoms with van der Waals surface area (Å²) in [6.07, 6.45) is 3.32. The second-order valence-corrected chi connectivity index (χ2v) is 8.62. The van der Waals surface area contributed by atoms with E-state index in [-0.39, 0.29) is 5.75 Å². The topological polar surface area (TPSA) is 74.2 Å². The highest BCUT2D eigenvalue weighted by Crippen LogP contribution is 2.28. The van der Waals surface area contributed by atoms with E-state index < -0.39 is 10.0 Å². The fraction of sp³-hybridized carbons (Fsp3) is 0.938. The molecule has 142 valence electrons. The summed E-state index contributed by atoms with van der Waals surface area (Å²) in [4.78, 5) is 6.63. The van der Waals surface area contributed by atoms with Gasteiger partial charge in [0.2, 0.25) is 10.0 Å². The number of rotatable bonds is 12. The maximum Gasteiger partial charge on any atom is 0.213 e. The van der Waals surface area contributed by atoms with Crippen molar-refractivity contribution >= 4 is 16.0 Å². The lowest BCUT2D eigenvalue weighted by Crippen LogP contribution is -2.40. The Balaban J connectivity index is 2.31. The number of hydrogen-bond donors (Lipinski definition) is 1. The first-order chi connectivity index (χ1) is 11.4. The molecule has 0 radical (unpaired) electrons. The van der Waals surface area contributed by atoms with Crippen molar-refractivity contribution in [2.45, 2.75) is 33.1 Å². The molecule has 7 nitrogen and oxygen atoms in total. The average Bonchev–Trinajstić information content (AvgIpc) is 3.38. The summed E-state index contributed by atoms with van der Waals surface area (Å²) >= 11 is 0. The second-order valence-electron chi connectivity index (χ2n) is 6.25. The molecular weight excluding hydrogens is 328 g/mol. The summed E-state index contributed by atoms with van der Waals surface area (Å²) in [6, 6.07) is 0. The lowest BCUT2D eigenvalue weighted by atomic mass is 10.4. The van der Waals surface area contributed by atoms with Crippen LogP contribution in [0.2, 0.25) is 0 Å². The number of guanidine groups is 1. The van der Waals surface area contributed by atoms with Crippen molar-refractivity contribution in [3.05, 3.63) is 0 Å². The smallest absolute Gasteiger partial charge is 0.213 e. The van der Waals surface area contributed by atoms with Crippen LogP contribution in [0.3, 0.4) is 0 Å². The van der Waals surface area contributed by atoms with Gasteiger partial charge in [0, 0.05) is 46.9 Å². The van der Waals surface area contributed by atoms with Gasteiger partial charge in [0.25, 0.3) is 0 Å². The minimum absolute atomic E-state index is 0.138. The largest absolute Gasteiger partial charge is 0.379 e. The fourth-order valence-electron chi connectivity index (χ4n) is 2.15. The molecule has 8 heteroatoms. The first-order valence-corrected chi connectivity index (χ1v) is 10.5. The number of hydrogen-bond acceptors (Lipinski definition) is 4. The van der Waals surface area contributed by atoms with E-state index in [4.69, 9.17) is 4.74 Å². The van der Waals surface area contributed by atoms with Crippen LogP contribution in [0.25, 0.3) is 0 Å². The van der Waals surface area contributed by atoms with Gasteiger partial charge >= 0.3 is 0 Å². The van der Waals surface area contributed by atoms with E-state index in [0.717, 1.165) is 31.6 Å². The minimum Gasteiger partial charge on any atom is -0.379 e. The van der Waals surface area contributed by atoms with Gasteiger partial charge in [-0.05, 0) is 39.0 Å². The summed E-state index contributed by atoms with van der Waals surface area (Å²) in [5.74, 6) is 1.76. The number of nitrogens with zero attached hydrogens (tertiary/aromatic N) is 3. The Morgan fingerprint density at radius 1 is 1.25 bits per heavy atom. The van der Waals surface area contributed by atoms with E-state index in [1.807, 2.05) is 14.0 Å². The van der Waals surface area contributed by atoms with Gasteiger partial charge in [-0.1, -0.05) is 0 Å². The van der Waals surface area contributed by atoms with Crippen LogP contribution in [-0.4, -0.2) is 82.8 Å². The molecule has 0 aromatic rings. The van der Waals surface area contributed by atoms with Gasteiger partial charge in [-0.2, -0.15) is 0 Å². The van der Waals surface area contributed by atoms with E-state index in [1.165, 1.54) is 17.1 Å². The molecule has 24 heavy (non-hydrogen) atoms. The highest BCUT2D eigenvalue weighted by atomic mass is 32.2. The van der Waals surface area contributed by atoms with E-state index in [9.17, 15) is 8.42 Å². The molecule has 0 aromatic carbocycles. The van der Waals surface area contributed by atoms with Crippen molar-refractivity contribution in [3.63, 3.8) is 0 Å². The van der Waals surface area contributed by atoms with E-state index >= 15 is 0 Å². The van der Waals surface area contributed by atoms with Crippen LogP contribution in [0.5, 0.6) is 0 Å². The van der Waals surface area contributed by atoms with Gasteiger partial charge in [-0.3, -0.25) is 4.99 Å². The molecule has 1 aliphatic rings. The molecule has 0 amide bonds. The van der Waals surface area contributed by atoms with Crippen LogP contribution >= 0.6 is 0 Å². The molecule has 0 bridgehead atoms. The molecule has 1 rings (SSSR count). The van der Waals surface area contributed by atoms with E-state index in [2.05, 4.69) is 15.2 Å². The Labute approximate surface area is 147 Å². The molecule has 0 unspecified atom stereocenters. The third-order valence-corrected chi connectivity index (χ3v) is 5.91. The Kier molecular flexibility index (Phi) is 9.61. The summed E-state index contributed by atoms with van der Waals surface area (Å²) in [7, 11) is 0.518. The molecule has 1 saturated carbocycles. The Hall–Kier alpha value is -0.860. The van der Waals surface area contributed by atoms with Crippen LogP contribution in [-0.2, 0) is 14.8 Å². The number of ether oxygens (including phenoxy) is 1. The number of sulfonamides is 1. The van der Waals surface area contributed by atoms with Gasteiger partial charge in [0.1, 0.15) is 0 Å². The Bertz CT molecular complexity index is 478. The van der Waals surface area contributed by atoms with Crippen LogP contribution < -0.4 is 5.32 Å². The summed E-state index contributed by atoms with van der Waals surface area (Å²) in [5, 5.41) is 3.26. The maximum absolute atomic E-state index is 11.7.